The van der Waals surface area contributed by atoms with Gasteiger partial charge in [0.2, 0.25) is 0 Å². The van der Waals surface area contributed by atoms with Gasteiger partial charge in [-0.25, -0.2) is 0 Å². The summed E-state index contributed by atoms with van der Waals surface area (Å²) >= 11 is 0. The molecular weight excluding hydrogens is 390 g/mol. The molecule has 2 atom stereocenters. The van der Waals surface area contributed by atoms with Gasteiger partial charge in [0.05, 0.1) is 12.2 Å². The summed E-state index contributed by atoms with van der Waals surface area (Å²) in [5, 5.41) is 22.8. The first-order chi connectivity index (χ1) is 15.1. The molecule has 0 saturated heterocycles. The predicted molar refractivity (Wildman–Crippen MR) is 120 cm³/mol. The topological polar surface area (TPSA) is 71.7 Å². The van der Waals surface area contributed by atoms with E-state index in [0.29, 0.717) is 11.5 Å². The van der Waals surface area contributed by atoms with Crippen LogP contribution in [0.1, 0.15) is 65.6 Å². The number of methoxy groups -OCH3 is 1. The Hall–Kier alpha value is -2.47. The van der Waals surface area contributed by atoms with Gasteiger partial charge in [0.25, 0.3) is 0 Å². The highest BCUT2D eigenvalue weighted by molar-refractivity contribution is 6.02. The molecule has 2 N–H and O–H groups in total. The number of nitrogens with zero attached hydrogens (tertiary/aromatic N) is 1. The normalized spacial score (nSPS) is 21.5. The Morgan fingerprint density at radius 2 is 1.87 bits per heavy atom. The van der Waals surface area contributed by atoms with Gasteiger partial charge in [-0.1, -0.05) is 55.7 Å². The van der Waals surface area contributed by atoms with Crippen molar-refractivity contribution in [3.8, 4) is 11.3 Å². The first-order valence-electron chi connectivity index (χ1n) is 11.2. The maximum Gasteiger partial charge on any atom is 0.188 e. The van der Waals surface area contributed by atoms with E-state index in [1.165, 1.54) is 31.9 Å². The zero-order chi connectivity index (χ0) is 21.5. The third kappa shape index (κ3) is 3.41. The number of ether oxygens (including phenoxy) is 1. The average molecular weight is 420 g/mol. The van der Waals surface area contributed by atoms with Crippen LogP contribution in [-0.4, -0.2) is 40.4 Å². The van der Waals surface area contributed by atoms with Crippen molar-refractivity contribution in [2.75, 3.05) is 13.7 Å². The van der Waals surface area contributed by atoms with Gasteiger partial charge >= 0.3 is 0 Å². The first-order valence-corrected chi connectivity index (χ1v) is 11.2. The van der Waals surface area contributed by atoms with Crippen molar-refractivity contribution in [3.63, 3.8) is 0 Å². The Balaban J connectivity index is 1.81. The number of rotatable bonds is 4. The molecule has 1 fully saturated rings. The van der Waals surface area contributed by atoms with Crippen LogP contribution in [0.15, 0.2) is 42.5 Å². The second-order valence-corrected chi connectivity index (χ2v) is 8.90. The van der Waals surface area contributed by atoms with Crippen molar-refractivity contribution in [2.24, 2.45) is 0 Å². The SMILES string of the molecule is COCC(=O)c1ccc2c(C3CCCCC3)c3n(c2c1)C[C@@H](O)[C@@H](O)c1ccccc1-3. The Labute approximate surface area is 182 Å². The zero-order valence-electron chi connectivity index (χ0n) is 17.9. The molecule has 5 rings (SSSR count). The summed E-state index contributed by atoms with van der Waals surface area (Å²) < 4.78 is 7.18. The fourth-order valence-corrected chi connectivity index (χ4v) is 5.51. The van der Waals surface area contributed by atoms with Crippen LogP contribution in [-0.2, 0) is 11.3 Å². The summed E-state index contributed by atoms with van der Waals surface area (Å²) in [5.74, 6) is 0.377. The number of aromatic nitrogens is 1. The minimum Gasteiger partial charge on any atom is -0.388 e. The molecule has 0 spiro atoms. The molecule has 1 aliphatic heterocycles. The highest BCUT2D eigenvalue weighted by atomic mass is 16.5. The lowest BCUT2D eigenvalue weighted by molar-refractivity contribution is 0.0112. The number of benzene rings is 2. The van der Waals surface area contributed by atoms with E-state index in [-0.39, 0.29) is 18.9 Å². The number of ketones is 1. The van der Waals surface area contributed by atoms with E-state index in [1.54, 1.807) is 0 Å². The molecule has 2 aromatic carbocycles. The molecule has 1 aliphatic carbocycles. The van der Waals surface area contributed by atoms with Crippen LogP contribution in [0.4, 0.5) is 0 Å². The van der Waals surface area contributed by atoms with Crippen LogP contribution in [0.25, 0.3) is 22.2 Å². The molecule has 0 radical (unpaired) electrons. The molecule has 31 heavy (non-hydrogen) atoms. The monoisotopic (exact) mass is 419 g/mol. The second-order valence-electron chi connectivity index (χ2n) is 8.90. The second kappa shape index (κ2) is 8.23. The summed E-state index contributed by atoms with van der Waals surface area (Å²) in [6.45, 7) is 0.328. The Kier molecular flexibility index (Phi) is 5.42. The number of aliphatic hydroxyl groups excluding tert-OH is 2. The van der Waals surface area contributed by atoms with Crippen LogP contribution in [0.5, 0.6) is 0 Å². The quantitative estimate of drug-likeness (QED) is 0.607. The number of aliphatic hydroxyl groups is 2. The number of carbonyl (C=O) groups excluding carboxylic acids is 1. The van der Waals surface area contributed by atoms with Crippen molar-refractivity contribution in [1.29, 1.82) is 0 Å². The van der Waals surface area contributed by atoms with Crippen LogP contribution < -0.4 is 0 Å². The zero-order valence-corrected chi connectivity index (χ0v) is 17.9. The van der Waals surface area contributed by atoms with Gasteiger partial charge in [0, 0.05) is 29.1 Å². The number of Topliss-reactive ketones (excluding diaryl/α,β-unsaturated/α-hetero) is 1. The number of carbonyl (C=O) groups is 1. The van der Waals surface area contributed by atoms with Gasteiger partial charge in [0.1, 0.15) is 18.8 Å². The molecule has 5 nitrogen and oxygen atoms in total. The van der Waals surface area contributed by atoms with Crippen molar-refractivity contribution in [1.82, 2.24) is 4.57 Å². The van der Waals surface area contributed by atoms with E-state index >= 15 is 0 Å². The van der Waals surface area contributed by atoms with E-state index in [0.717, 1.165) is 40.6 Å². The summed E-state index contributed by atoms with van der Waals surface area (Å²) in [6.07, 6.45) is 4.13. The van der Waals surface area contributed by atoms with Gasteiger partial charge in [0.15, 0.2) is 5.78 Å². The highest BCUT2D eigenvalue weighted by Crippen LogP contribution is 2.47. The number of fused-ring (bicyclic) bond motifs is 5. The van der Waals surface area contributed by atoms with Crippen molar-refractivity contribution < 1.29 is 19.7 Å². The van der Waals surface area contributed by atoms with Gasteiger partial charge in [-0.15, -0.1) is 0 Å². The van der Waals surface area contributed by atoms with Crippen LogP contribution in [0.3, 0.4) is 0 Å². The molecule has 5 heteroatoms. The van der Waals surface area contributed by atoms with Crippen molar-refractivity contribution in [3.05, 3.63) is 59.2 Å². The number of hydrogen-bond donors (Lipinski definition) is 2. The highest BCUT2D eigenvalue weighted by Gasteiger charge is 2.33. The van der Waals surface area contributed by atoms with Crippen molar-refractivity contribution in [2.45, 2.75) is 56.8 Å². The minimum atomic E-state index is -0.941. The molecule has 1 saturated carbocycles. The molecule has 0 amide bonds. The number of hydrogen-bond acceptors (Lipinski definition) is 4. The van der Waals surface area contributed by atoms with E-state index in [9.17, 15) is 15.0 Å². The summed E-state index contributed by atoms with van der Waals surface area (Å²) in [4.78, 5) is 12.5. The van der Waals surface area contributed by atoms with Gasteiger partial charge < -0.3 is 19.5 Å². The molecule has 3 aromatic rings. The minimum absolute atomic E-state index is 0.0404. The van der Waals surface area contributed by atoms with E-state index in [2.05, 4.69) is 10.6 Å². The fraction of sp³-hybridized carbons (Fsp3) is 0.423. The van der Waals surface area contributed by atoms with Gasteiger partial charge in [-0.05, 0) is 36.0 Å². The van der Waals surface area contributed by atoms with Gasteiger partial charge in [-0.3, -0.25) is 4.79 Å². The predicted octanol–water partition coefficient (Wildman–Crippen LogP) is 4.59. The Morgan fingerprint density at radius 1 is 1.10 bits per heavy atom. The third-order valence-corrected chi connectivity index (χ3v) is 6.98. The fourth-order valence-electron chi connectivity index (χ4n) is 5.51. The third-order valence-electron chi connectivity index (χ3n) is 6.98. The summed E-state index contributed by atoms with van der Waals surface area (Å²) in [5.41, 5.74) is 5.69. The van der Waals surface area contributed by atoms with Crippen LogP contribution in [0, 0.1) is 0 Å². The maximum atomic E-state index is 12.5. The molecule has 162 valence electrons. The molecule has 1 aromatic heterocycles. The lowest BCUT2D eigenvalue weighted by Gasteiger charge is -2.24. The van der Waals surface area contributed by atoms with Gasteiger partial charge in [-0.2, -0.15) is 0 Å². The van der Waals surface area contributed by atoms with Crippen LogP contribution >= 0.6 is 0 Å². The largest absolute Gasteiger partial charge is 0.388 e. The Bertz CT molecular complexity index is 1130. The molecule has 2 heterocycles. The summed E-state index contributed by atoms with van der Waals surface area (Å²) in [6, 6.07) is 13.7. The molecule has 2 aliphatic rings. The lowest BCUT2D eigenvalue weighted by Crippen LogP contribution is -2.22. The Morgan fingerprint density at radius 3 is 2.65 bits per heavy atom. The standard InChI is InChI=1S/C26H29NO4/c1-31-15-23(29)17-11-12-20-21(13-17)27-14-22(28)26(30)19-10-6-5-9-18(19)25(27)24(20)16-7-3-2-4-8-16/h5-6,9-13,16,22,26,28,30H,2-4,7-8,14-15H2,1H3/t22-,26+/m1/s1. The smallest absolute Gasteiger partial charge is 0.188 e. The molecular formula is C26H29NO4. The molecule has 0 unspecified atom stereocenters. The van der Waals surface area contributed by atoms with Crippen molar-refractivity contribution >= 4 is 16.7 Å². The average Bonchev–Trinajstić information content (AvgIpc) is 3.07. The molecule has 0 bridgehead atoms. The maximum absolute atomic E-state index is 12.5. The first kappa shape index (κ1) is 20.4. The lowest BCUT2D eigenvalue weighted by atomic mass is 9.81. The summed E-state index contributed by atoms with van der Waals surface area (Å²) in [7, 11) is 1.52. The van der Waals surface area contributed by atoms with E-state index < -0.39 is 12.2 Å². The van der Waals surface area contributed by atoms with E-state index in [1.807, 2.05) is 36.4 Å². The van der Waals surface area contributed by atoms with E-state index in [4.69, 9.17) is 4.74 Å². The van der Waals surface area contributed by atoms with Crippen LogP contribution in [0.2, 0.25) is 0 Å².